The van der Waals surface area contributed by atoms with Gasteiger partial charge in [-0.25, -0.2) is 4.79 Å². The smallest absolute Gasteiger partial charge is 0.330 e. The first-order chi connectivity index (χ1) is 12.7. The lowest BCUT2D eigenvalue weighted by Gasteiger charge is -2.12. The Kier molecular flexibility index (Phi) is 8.00. The van der Waals surface area contributed by atoms with E-state index in [1.807, 2.05) is 61.5 Å². The summed E-state index contributed by atoms with van der Waals surface area (Å²) in [6.07, 6.45) is 6.71. The molecule has 4 nitrogen and oxygen atoms in total. The molecule has 0 N–H and O–H groups in total. The Bertz CT molecular complexity index is 748. The lowest BCUT2D eigenvalue weighted by molar-refractivity contribution is -0.137. The topological polar surface area (TPSA) is 44.8 Å². The van der Waals surface area contributed by atoms with E-state index in [4.69, 9.17) is 14.2 Å². The van der Waals surface area contributed by atoms with E-state index in [2.05, 4.69) is 0 Å². The summed E-state index contributed by atoms with van der Waals surface area (Å²) in [6, 6.07) is 15.7. The van der Waals surface area contributed by atoms with Crippen LogP contribution in [-0.2, 0) is 16.1 Å². The number of hydrogen-bond donors (Lipinski definition) is 0. The third-order valence-electron chi connectivity index (χ3n) is 3.42. The van der Waals surface area contributed by atoms with Gasteiger partial charge in [0.2, 0.25) is 0 Å². The summed E-state index contributed by atoms with van der Waals surface area (Å²) in [4.78, 5) is 11.2. The minimum Gasteiger partial charge on any atom is -0.490 e. The zero-order valence-electron chi connectivity index (χ0n) is 15.2. The molecule has 2 rings (SSSR count). The molecule has 0 aliphatic carbocycles. The molecule has 0 atom stereocenters. The molecular weight excluding hydrogens is 328 g/mol. The maximum absolute atomic E-state index is 11.2. The molecule has 4 heteroatoms. The van der Waals surface area contributed by atoms with E-state index in [0.717, 1.165) is 11.1 Å². The monoisotopic (exact) mass is 352 g/mol. The molecule has 26 heavy (non-hydrogen) atoms. The molecule has 0 aliphatic rings. The van der Waals surface area contributed by atoms with Gasteiger partial charge in [0.1, 0.15) is 6.61 Å². The lowest BCUT2D eigenvalue weighted by Crippen LogP contribution is -1.99. The number of ether oxygens (including phenoxy) is 3. The number of carbonyl (C=O) groups excluding carboxylic acids is 1. The fraction of sp³-hybridized carbons (Fsp3) is 0.227. The van der Waals surface area contributed by atoms with Crippen molar-refractivity contribution in [1.29, 1.82) is 0 Å². The van der Waals surface area contributed by atoms with Gasteiger partial charge >= 0.3 is 5.97 Å². The van der Waals surface area contributed by atoms with Crippen LogP contribution in [0, 0.1) is 0 Å². The van der Waals surface area contributed by atoms with Crippen LogP contribution in [0.3, 0.4) is 0 Å². The van der Waals surface area contributed by atoms with E-state index in [9.17, 15) is 4.79 Å². The highest BCUT2D eigenvalue weighted by molar-refractivity contribution is 5.82. The van der Waals surface area contributed by atoms with Crippen LogP contribution in [0.4, 0.5) is 0 Å². The van der Waals surface area contributed by atoms with Crippen molar-refractivity contribution in [2.45, 2.75) is 20.5 Å². The molecule has 0 unspecified atom stereocenters. The summed E-state index contributed by atoms with van der Waals surface area (Å²) in [5.74, 6) is 1.05. The van der Waals surface area contributed by atoms with Crippen LogP contribution in [0.5, 0.6) is 11.5 Å². The molecule has 0 fully saturated rings. The van der Waals surface area contributed by atoms with Gasteiger partial charge < -0.3 is 14.2 Å². The Morgan fingerprint density at radius 1 is 0.923 bits per heavy atom. The van der Waals surface area contributed by atoms with E-state index in [1.54, 1.807) is 19.1 Å². The fourth-order valence-corrected chi connectivity index (χ4v) is 2.24. The summed E-state index contributed by atoms with van der Waals surface area (Å²) in [5.41, 5.74) is 2.05. The molecule has 0 spiro atoms. The quantitative estimate of drug-likeness (QED) is 0.369. The Balaban J connectivity index is 2.03. The molecule has 0 bridgehead atoms. The van der Waals surface area contributed by atoms with Gasteiger partial charge in [-0.15, -0.1) is 0 Å². The van der Waals surface area contributed by atoms with Gasteiger partial charge in [0.25, 0.3) is 0 Å². The van der Waals surface area contributed by atoms with Gasteiger partial charge in [0.15, 0.2) is 11.5 Å². The molecule has 2 aromatic carbocycles. The van der Waals surface area contributed by atoms with Crippen LogP contribution in [0.1, 0.15) is 25.0 Å². The van der Waals surface area contributed by atoms with Gasteiger partial charge in [-0.05, 0) is 37.1 Å². The zero-order chi connectivity index (χ0) is 18.6. The number of rotatable bonds is 9. The van der Waals surface area contributed by atoms with Crippen molar-refractivity contribution >= 4 is 12.0 Å². The van der Waals surface area contributed by atoms with Crippen molar-refractivity contribution in [3.63, 3.8) is 0 Å². The average Bonchev–Trinajstić information content (AvgIpc) is 2.66. The first-order valence-electron chi connectivity index (χ1n) is 8.68. The van der Waals surface area contributed by atoms with Crippen LogP contribution in [0.25, 0.3) is 6.08 Å². The molecule has 136 valence electrons. The van der Waals surface area contributed by atoms with Gasteiger partial charge in [0.05, 0.1) is 13.2 Å². The summed E-state index contributed by atoms with van der Waals surface area (Å²) in [7, 11) is 0. The predicted molar refractivity (Wildman–Crippen MR) is 103 cm³/mol. The first-order valence-corrected chi connectivity index (χ1v) is 8.68. The number of benzene rings is 2. The Morgan fingerprint density at radius 2 is 1.73 bits per heavy atom. The highest BCUT2D eigenvalue weighted by Gasteiger charge is 2.06. The second-order valence-electron chi connectivity index (χ2n) is 5.38. The SMILES string of the molecule is CCOC(=O)C=CC=Cc1ccc(OCc2ccccc2)c(OCC)c1. The van der Waals surface area contributed by atoms with Crippen molar-refractivity contribution < 1.29 is 19.0 Å². The average molecular weight is 352 g/mol. The maximum atomic E-state index is 11.2. The van der Waals surface area contributed by atoms with E-state index in [1.165, 1.54) is 6.08 Å². The van der Waals surface area contributed by atoms with Gasteiger partial charge in [-0.3, -0.25) is 0 Å². The highest BCUT2D eigenvalue weighted by Crippen LogP contribution is 2.29. The highest BCUT2D eigenvalue weighted by atomic mass is 16.5. The molecule has 0 radical (unpaired) electrons. The van der Waals surface area contributed by atoms with Crippen LogP contribution in [0.2, 0.25) is 0 Å². The minimum absolute atomic E-state index is 0.350. The van der Waals surface area contributed by atoms with Gasteiger partial charge in [-0.1, -0.05) is 54.6 Å². The molecule has 0 amide bonds. The second kappa shape index (κ2) is 10.8. The van der Waals surface area contributed by atoms with Crippen molar-refractivity contribution in [3.05, 3.63) is 77.9 Å². The number of hydrogen-bond acceptors (Lipinski definition) is 4. The number of carbonyl (C=O) groups is 1. The molecular formula is C22H24O4. The normalized spacial score (nSPS) is 11.0. The van der Waals surface area contributed by atoms with E-state index < -0.39 is 0 Å². The van der Waals surface area contributed by atoms with Crippen LogP contribution in [0.15, 0.2) is 66.8 Å². The minimum atomic E-state index is -0.350. The maximum Gasteiger partial charge on any atom is 0.330 e. The lowest BCUT2D eigenvalue weighted by atomic mass is 10.2. The Hall–Kier alpha value is -3.01. The van der Waals surface area contributed by atoms with Crippen molar-refractivity contribution in [2.75, 3.05) is 13.2 Å². The number of esters is 1. The predicted octanol–water partition coefficient (Wildman–Crippen LogP) is 4.80. The Morgan fingerprint density at radius 3 is 2.46 bits per heavy atom. The van der Waals surface area contributed by atoms with Crippen molar-refractivity contribution in [2.24, 2.45) is 0 Å². The standard InChI is InChI=1S/C22H24O4/c1-3-24-21-16-18(10-8-9-13-22(23)25-4-2)14-15-20(21)26-17-19-11-6-5-7-12-19/h5-16H,3-4,17H2,1-2H3. The molecule has 0 saturated heterocycles. The zero-order valence-corrected chi connectivity index (χ0v) is 15.2. The molecule has 0 heterocycles. The summed E-state index contributed by atoms with van der Waals surface area (Å²) < 4.78 is 16.4. The Labute approximate surface area is 154 Å². The molecule has 0 saturated carbocycles. The van der Waals surface area contributed by atoms with E-state index in [-0.39, 0.29) is 5.97 Å². The van der Waals surface area contributed by atoms with Crippen LogP contribution >= 0.6 is 0 Å². The summed E-state index contributed by atoms with van der Waals surface area (Å²) in [6.45, 7) is 5.12. The third-order valence-corrected chi connectivity index (χ3v) is 3.42. The van der Waals surface area contributed by atoms with E-state index >= 15 is 0 Å². The summed E-state index contributed by atoms with van der Waals surface area (Å²) in [5, 5.41) is 0. The van der Waals surface area contributed by atoms with Crippen LogP contribution in [-0.4, -0.2) is 19.2 Å². The van der Waals surface area contributed by atoms with Crippen molar-refractivity contribution in [3.8, 4) is 11.5 Å². The fourth-order valence-electron chi connectivity index (χ4n) is 2.24. The van der Waals surface area contributed by atoms with Crippen LogP contribution < -0.4 is 9.47 Å². The third kappa shape index (κ3) is 6.48. The molecule has 0 aliphatic heterocycles. The first kappa shape index (κ1) is 19.3. The summed E-state index contributed by atoms with van der Waals surface area (Å²) >= 11 is 0. The second-order valence-corrected chi connectivity index (χ2v) is 5.38. The van der Waals surface area contributed by atoms with E-state index in [0.29, 0.717) is 31.3 Å². The van der Waals surface area contributed by atoms with Crippen molar-refractivity contribution in [1.82, 2.24) is 0 Å². The van der Waals surface area contributed by atoms with Gasteiger partial charge in [-0.2, -0.15) is 0 Å². The van der Waals surface area contributed by atoms with Gasteiger partial charge in [0, 0.05) is 6.08 Å². The number of allylic oxidation sites excluding steroid dienone is 2. The molecule has 2 aromatic rings. The largest absolute Gasteiger partial charge is 0.490 e. The molecule has 0 aromatic heterocycles.